The van der Waals surface area contributed by atoms with Crippen molar-refractivity contribution in [2.75, 3.05) is 19.6 Å². The monoisotopic (exact) mass is 248 g/mol. The average molecular weight is 248 g/mol. The summed E-state index contributed by atoms with van der Waals surface area (Å²) in [6, 6.07) is 6.85. The van der Waals surface area contributed by atoms with Crippen LogP contribution >= 0.6 is 0 Å². The molecule has 0 aliphatic carbocycles. The molecule has 1 saturated heterocycles. The number of hydrogen-bond acceptors (Lipinski definition) is 3. The first kappa shape index (κ1) is 12.6. The number of aromatic carboxylic acids is 1. The Kier molecular flexibility index (Phi) is 3.62. The van der Waals surface area contributed by atoms with Gasteiger partial charge in [-0.05, 0) is 17.7 Å². The van der Waals surface area contributed by atoms with Crippen molar-refractivity contribution in [3.05, 3.63) is 35.4 Å². The maximum absolute atomic E-state index is 11.3. The van der Waals surface area contributed by atoms with Gasteiger partial charge in [-0.15, -0.1) is 0 Å². The van der Waals surface area contributed by atoms with E-state index in [1.807, 2.05) is 0 Å². The lowest BCUT2D eigenvalue weighted by molar-refractivity contribution is -0.130. The zero-order valence-electron chi connectivity index (χ0n) is 10.2. The van der Waals surface area contributed by atoms with Crippen molar-refractivity contribution in [3.8, 4) is 0 Å². The predicted molar refractivity (Wildman–Crippen MR) is 66.4 cm³/mol. The van der Waals surface area contributed by atoms with Crippen LogP contribution in [0.2, 0.25) is 0 Å². The van der Waals surface area contributed by atoms with Crippen molar-refractivity contribution in [1.29, 1.82) is 0 Å². The Balaban J connectivity index is 2.11. The second-order valence-corrected chi connectivity index (χ2v) is 4.40. The summed E-state index contributed by atoms with van der Waals surface area (Å²) in [7, 11) is 0. The third-order valence-electron chi connectivity index (χ3n) is 3.18. The Bertz CT molecular complexity index is 456. The predicted octanol–water partition coefficient (Wildman–Crippen LogP) is 0.878. The molecule has 1 heterocycles. The third-order valence-corrected chi connectivity index (χ3v) is 3.18. The van der Waals surface area contributed by atoms with Gasteiger partial charge in [-0.2, -0.15) is 0 Å². The van der Waals surface area contributed by atoms with Gasteiger partial charge in [0.2, 0.25) is 5.91 Å². The number of rotatable bonds is 2. The van der Waals surface area contributed by atoms with E-state index in [2.05, 4.69) is 5.32 Å². The van der Waals surface area contributed by atoms with Crippen LogP contribution < -0.4 is 5.32 Å². The van der Waals surface area contributed by atoms with Crippen LogP contribution in [-0.4, -0.2) is 41.5 Å². The molecule has 1 aromatic carbocycles. The summed E-state index contributed by atoms with van der Waals surface area (Å²) >= 11 is 0. The highest BCUT2D eigenvalue weighted by atomic mass is 16.4. The number of carbonyl (C=O) groups is 2. The Morgan fingerprint density at radius 1 is 1.33 bits per heavy atom. The van der Waals surface area contributed by atoms with Crippen molar-refractivity contribution in [1.82, 2.24) is 10.2 Å². The van der Waals surface area contributed by atoms with Gasteiger partial charge in [0.05, 0.1) is 5.56 Å². The van der Waals surface area contributed by atoms with Gasteiger partial charge in [0.15, 0.2) is 0 Å². The van der Waals surface area contributed by atoms with E-state index in [9.17, 15) is 9.59 Å². The summed E-state index contributed by atoms with van der Waals surface area (Å²) < 4.78 is 0. The molecule has 1 atom stereocenters. The number of carboxylic acid groups (broad SMARTS) is 1. The molecule has 1 fully saturated rings. The van der Waals surface area contributed by atoms with E-state index in [0.717, 1.165) is 18.7 Å². The SMILES string of the molecule is CC(=O)N1CCN[C@@H](c2ccc(C(=O)O)cc2)C1. The van der Waals surface area contributed by atoms with E-state index in [1.165, 1.54) is 0 Å². The Morgan fingerprint density at radius 2 is 2.00 bits per heavy atom. The number of carboxylic acids is 1. The minimum atomic E-state index is -0.927. The molecule has 0 radical (unpaired) electrons. The molecule has 96 valence electrons. The Labute approximate surface area is 105 Å². The summed E-state index contributed by atoms with van der Waals surface area (Å²) in [5, 5.41) is 12.2. The van der Waals surface area contributed by atoms with E-state index >= 15 is 0 Å². The minimum absolute atomic E-state index is 0.0728. The third kappa shape index (κ3) is 2.68. The molecule has 5 heteroatoms. The molecule has 5 nitrogen and oxygen atoms in total. The van der Waals surface area contributed by atoms with Crippen LogP contribution in [0.1, 0.15) is 28.9 Å². The van der Waals surface area contributed by atoms with Gasteiger partial charge in [0, 0.05) is 32.6 Å². The maximum Gasteiger partial charge on any atom is 0.335 e. The van der Waals surface area contributed by atoms with Gasteiger partial charge < -0.3 is 15.3 Å². The molecule has 18 heavy (non-hydrogen) atoms. The Hall–Kier alpha value is -1.88. The van der Waals surface area contributed by atoms with Crippen molar-refractivity contribution < 1.29 is 14.7 Å². The van der Waals surface area contributed by atoms with Gasteiger partial charge in [0.25, 0.3) is 0 Å². The zero-order chi connectivity index (χ0) is 13.1. The van der Waals surface area contributed by atoms with Crippen LogP contribution in [0, 0.1) is 0 Å². The molecule has 1 aliphatic heterocycles. The first-order chi connectivity index (χ1) is 8.58. The van der Waals surface area contributed by atoms with Crippen LogP contribution in [0.3, 0.4) is 0 Å². The minimum Gasteiger partial charge on any atom is -0.478 e. The first-order valence-corrected chi connectivity index (χ1v) is 5.90. The number of benzene rings is 1. The van der Waals surface area contributed by atoms with Crippen molar-refractivity contribution >= 4 is 11.9 Å². The highest BCUT2D eigenvalue weighted by Crippen LogP contribution is 2.18. The van der Waals surface area contributed by atoms with Crippen LogP contribution in [0.4, 0.5) is 0 Å². The molecule has 1 amide bonds. The summed E-state index contributed by atoms with van der Waals surface area (Å²) in [6.07, 6.45) is 0. The molecule has 2 N–H and O–H groups in total. The fourth-order valence-electron chi connectivity index (χ4n) is 2.12. The molecule has 0 spiro atoms. The second-order valence-electron chi connectivity index (χ2n) is 4.40. The normalized spacial score (nSPS) is 19.6. The van der Waals surface area contributed by atoms with Crippen molar-refractivity contribution in [2.24, 2.45) is 0 Å². The van der Waals surface area contributed by atoms with E-state index in [-0.39, 0.29) is 17.5 Å². The van der Waals surface area contributed by atoms with Crippen LogP contribution in [0.15, 0.2) is 24.3 Å². The Morgan fingerprint density at radius 3 is 2.56 bits per heavy atom. The smallest absolute Gasteiger partial charge is 0.335 e. The molecule has 0 aromatic heterocycles. The molecule has 0 bridgehead atoms. The van der Waals surface area contributed by atoms with Gasteiger partial charge >= 0.3 is 5.97 Å². The molecule has 0 saturated carbocycles. The van der Waals surface area contributed by atoms with Crippen LogP contribution in [-0.2, 0) is 4.79 Å². The van der Waals surface area contributed by atoms with Gasteiger partial charge in [-0.25, -0.2) is 4.79 Å². The molecular formula is C13H16N2O3. The largest absolute Gasteiger partial charge is 0.478 e. The summed E-state index contributed by atoms with van der Waals surface area (Å²) in [5.41, 5.74) is 1.28. The summed E-state index contributed by atoms with van der Waals surface area (Å²) in [5.74, 6) is -0.854. The highest BCUT2D eigenvalue weighted by Gasteiger charge is 2.22. The molecular weight excluding hydrogens is 232 g/mol. The van der Waals surface area contributed by atoms with Gasteiger partial charge in [-0.3, -0.25) is 4.79 Å². The van der Waals surface area contributed by atoms with Crippen molar-refractivity contribution in [2.45, 2.75) is 13.0 Å². The first-order valence-electron chi connectivity index (χ1n) is 5.90. The van der Waals surface area contributed by atoms with Crippen LogP contribution in [0.25, 0.3) is 0 Å². The zero-order valence-corrected chi connectivity index (χ0v) is 10.2. The number of nitrogens with one attached hydrogen (secondary N) is 1. The number of carbonyl (C=O) groups excluding carboxylic acids is 1. The lowest BCUT2D eigenvalue weighted by Gasteiger charge is -2.33. The highest BCUT2D eigenvalue weighted by molar-refractivity contribution is 5.87. The van der Waals surface area contributed by atoms with E-state index in [0.29, 0.717) is 6.54 Å². The lowest BCUT2D eigenvalue weighted by atomic mass is 10.0. The fraction of sp³-hybridized carbons (Fsp3) is 0.385. The number of amides is 1. The van der Waals surface area contributed by atoms with E-state index in [4.69, 9.17) is 5.11 Å². The molecule has 0 unspecified atom stereocenters. The fourth-order valence-corrected chi connectivity index (χ4v) is 2.12. The average Bonchev–Trinajstić information content (AvgIpc) is 2.39. The van der Waals surface area contributed by atoms with E-state index in [1.54, 1.807) is 36.1 Å². The van der Waals surface area contributed by atoms with Crippen molar-refractivity contribution in [3.63, 3.8) is 0 Å². The summed E-state index contributed by atoms with van der Waals surface area (Å²) in [4.78, 5) is 23.9. The molecule has 2 rings (SSSR count). The van der Waals surface area contributed by atoms with Gasteiger partial charge in [-0.1, -0.05) is 12.1 Å². The number of nitrogens with zero attached hydrogens (tertiary/aromatic N) is 1. The number of hydrogen-bond donors (Lipinski definition) is 2. The maximum atomic E-state index is 11.3. The molecule has 1 aliphatic rings. The lowest BCUT2D eigenvalue weighted by Crippen LogP contribution is -2.47. The summed E-state index contributed by atoms with van der Waals surface area (Å²) in [6.45, 7) is 3.67. The number of piperazine rings is 1. The molecule has 1 aromatic rings. The van der Waals surface area contributed by atoms with Gasteiger partial charge in [0.1, 0.15) is 0 Å². The van der Waals surface area contributed by atoms with Crippen LogP contribution in [0.5, 0.6) is 0 Å². The topological polar surface area (TPSA) is 69.6 Å². The van der Waals surface area contributed by atoms with E-state index < -0.39 is 5.97 Å². The quantitative estimate of drug-likeness (QED) is 0.815. The second kappa shape index (κ2) is 5.18. The standard InChI is InChI=1S/C13H16N2O3/c1-9(16)15-7-6-14-12(8-15)10-2-4-11(5-3-10)13(17)18/h2-5,12,14H,6-8H2,1H3,(H,17,18)/t12-/m1/s1.